The Morgan fingerprint density at radius 2 is 1.56 bits per heavy atom. The fraction of sp³-hybridized carbons (Fsp3) is 0.238. The normalized spacial score (nSPS) is 10.5. The highest BCUT2D eigenvalue weighted by molar-refractivity contribution is 5.60. The van der Waals surface area contributed by atoms with Gasteiger partial charge in [0.1, 0.15) is 17.5 Å². The van der Waals surface area contributed by atoms with Gasteiger partial charge < -0.3 is 10.6 Å². The molecule has 25 heavy (non-hydrogen) atoms. The number of rotatable bonds is 6. The quantitative estimate of drug-likeness (QED) is 0.681. The Balaban J connectivity index is 1.66. The van der Waals surface area contributed by atoms with E-state index in [0.29, 0.717) is 0 Å². The molecular formula is C21H24N4. The number of hydrogen-bond acceptors (Lipinski definition) is 4. The van der Waals surface area contributed by atoms with Gasteiger partial charge in [0.25, 0.3) is 0 Å². The summed E-state index contributed by atoms with van der Waals surface area (Å²) in [5.41, 5.74) is 4.90. The maximum absolute atomic E-state index is 4.49. The largest absolute Gasteiger partial charge is 0.370 e. The average molecular weight is 332 g/mol. The first-order valence-electron chi connectivity index (χ1n) is 8.58. The lowest BCUT2D eigenvalue weighted by molar-refractivity contribution is 0.983. The van der Waals surface area contributed by atoms with Gasteiger partial charge in [0.15, 0.2) is 0 Å². The van der Waals surface area contributed by atoms with Gasteiger partial charge in [0, 0.05) is 18.3 Å². The standard InChI is InChI=1S/C21H24N4/c1-15-9-10-19(13-16(15)2)25-21-14-20(23-17(3)24-21)22-12-11-18-7-5-4-6-8-18/h4-10,13-14H,11-12H2,1-3H3,(H2,22,23,24,25). The van der Waals surface area contributed by atoms with E-state index in [2.05, 4.69) is 76.9 Å². The van der Waals surface area contributed by atoms with Crippen molar-refractivity contribution in [3.8, 4) is 0 Å². The van der Waals surface area contributed by atoms with E-state index in [9.17, 15) is 0 Å². The van der Waals surface area contributed by atoms with Gasteiger partial charge in [-0.15, -0.1) is 0 Å². The second-order valence-electron chi connectivity index (χ2n) is 6.27. The van der Waals surface area contributed by atoms with Crippen LogP contribution in [0.15, 0.2) is 54.6 Å². The van der Waals surface area contributed by atoms with Gasteiger partial charge in [-0.05, 0) is 56.0 Å². The minimum Gasteiger partial charge on any atom is -0.370 e. The Morgan fingerprint density at radius 1 is 0.800 bits per heavy atom. The van der Waals surface area contributed by atoms with Gasteiger partial charge in [-0.25, -0.2) is 9.97 Å². The smallest absolute Gasteiger partial charge is 0.136 e. The van der Waals surface area contributed by atoms with Crippen LogP contribution in [0.3, 0.4) is 0 Å². The zero-order valence-electron chi connectivity index (χ0n) is 15.0. The summed E-state index contributed by atoms with van der Waals surface area (Å²) in [6.07, 6.45) is 0.962. The number of aryl methyl sites for hydroxylation is 3. The minimum absolute atomic E-state index is 0.746. The summed E-state index contributed by atoms with van der Waals surface area (Å²) in [5, 5.41) is 6.76. The molecule has 0 unspecified atom stereocenters. The number of aromatic nitrogens is 2. The van der Waals surface area contributed by atoms with Crippen molar-refractivity contribution in [1.82, 2.24) is 9.97 Å². The summed E-state index contributed by atoms with van der Waals surface area (Å²) in [6.45, 7) is 6.97. The Labute approximate surface area is 149 Å². The van der Waals surface area contributed by atoms with Crippen LogP contribution in [0.2, 0.25) is 0 Å². The van der Waals surface area contributed by atoms with Crippen LogP contribution in [0.5, 0.6) is 0 Å². The molecule has 3 rings (SSSR count). The minimum atomic E-state index is 0.746. The molecule has 4 heteroatoms. The predicted molar refractivity (Wildman–Crippen MR) is 105 cm³/mol. The fourth-order valence-corrected chi connectivity index (χ4v) is 2.67. The summed E-state index contributed by atoms with van der Waals surface area (Å²) in [5.74, 6) is 2.39. The average Bonchev–Trinajstić information content (AvgIpc) is 2.59. The van der Waals surface area contributed by atoms with E-state index in [1.807, 2.05) is 19.1 Å². The summed E-state index contributed by atoms with van der Waals surface area (Å²) in [6, 6.07) is 18.7. The van der Waals surface area contributed by atoms with E-state index in [-0.39, 0.29) is 0 Å². The van der Waals surface area contributed by atoms with E-state index in [0.717, 1.165) is 36.1 Å². The van der Waals surface area contributed by atoms with Gasteiger partial charge in [0.05, 0.1) is 0 Å². The van der Waals surface area contributed by atoms with Crippen LogP contribution in [-0.2, 0) is 6.42 Å². The lowest BCUT2D eigenvalue weighted by Crippen LogP contribution is -2.08. The Kier molecular flexibility index (Phi) is 5.29. The van der Waals surface area contributed by atoms with E-state index < -0.39 is 0 Å². The van der Waals surface area contributed by atoms with Crippen molar-refractivity contribution >= 4 is 17.3 Å². The number of benzene rings is 2. The van der Waals surface area contributed by atoms with Crippen LogP contribution < -0.4 is 10.6 Å². The monoisotopic (exact) mass is 332 g/mol. The number of nitrogens with one attached hydrogen (secondary N) is 2. The molecule has 0 radical (unpaired) electrons. The predicted octanol–water partition coefficient (Wildman–Crippen LogP) is 4.80. The number of hydrogen-bond donors (Lipinski definition) is 2. The van der Waals surface area contributed by atoms with Gasteiger partial charge in [-0.2, -0.15) is 0 Å². The Bertz CT molecular complexity index is 844. The molecule has 1 heterocycles. The van der Waals surface area contributed by atoms with Crippen LogP contribution >= 0.6 is 0 Å². The van der Waals surface area contributed by atoms with Crippen LogP contribution in [0.25, 0.3) is 0 Å². The van der Waals surface area contributed by atoms with Gasteiger partial charge in [0.2, 0.25) is 0 Å². The summed E-state index contributed by atoms with van der Waals surface area (Å²) < 4.78 is 0. The number of anilines is 3. The second kappa shape index (κ2) is 7.79. The van der Waals surface area contributed by atoms with Crippen LogP contribution in [0.1, 0.15) is 22.5 Å². The molecule has 3 aromatic rings. The molecule has 1 aromatic heterocycles. The number of nitrogens with zero attached hydrogens (tertiary/aromatic N) is 2. The van der Waals surface area contributed by atoms with Crippen LogP contribution in [0, 0.1) is 20.8 Å². The van der Waals surface area contributed by atoms with Crippen molar-refractivity contribution in [3.05, 3.63) is 77.1 Å². The van der Waals surface area contributed by atoms with Crippen molar-refractivity contribution in [1.29, 1.82) is 0 Å². The summed E-state index contributed by atoms with van der Waals surface area (Å²) in [7, 11) is 0. The molecular weight excluding hydrogens is 308 g/mol. The second-order valence-corrected chi connectivity index (χ2v) is 6.27. The van der Waals surface area contributed by atoms with Gasteiger partial charge in [-0.3, -0.25) is 0 Å². The molecule has 0 saturated carbocycles. The van der Waals surface area contributed by atoms with E-state index in [1.54, 1.807) is 0 Å². The Morgan fingerprint density at radius 3 is 2.32 bits per heavy atom. The van der Waals surface area contributed by atoms with Crippen molar-refractivity contribution in [2.45, 2.75) is 27.2 Å². The van der Waals surface area contributed by atoms with Gasteiger partial charge in [-0.1, -0.05) is 36.4 Å². The molecule has 128 valence electrons. The highest BCUT2D eigenvalue weighted by Crippen LogP contribution is 2.20. The molecule has 0 saturated heterocycles. The lowest BCUT2D eigenvalue weighted by Gasteiger charge is -2.11. The first-order valence-corrected chi connectivity index (χ1v) is 8.58. The summed E-state index contributed by atoms with van der Waals surface area (Å²) >= 11 is 0. The maximum Gasteiger partial charge on any atom is 0.136 e. The molecule has 0 bridgehead atoms. The zero-order valence-corrected chi connectivity index (χ0v) is 15.0. The molecule has 0 aliphatic heterocycles. The molecule has 2 N–H and O–H groups in total. The molecule has 0 amide bonds. The zero-order chi connectivity index (χ0) is 17.6. The first-order chi connectivity index (χ1) is 12.1. The molecule has 0 fully saturated rings. The third-order valence-electron chi connectivity index (χ3n) is 4.18. The molecule has 4 nitrogen and oxygen atoms in total. The van der Waals surface area contributed by atoms with Crippen molar-refractivity contribution < 1.29 is 0 Å². The van der Waals surface area contributed by atoms with E-state index in [4.69, 9.17) is 0 Å². The highest BCUT2D eigenvalue weighted by Gasteiger charge is 2.04. The van der Waals surface area contributed by atoms with E-state index >= 15 is 0 Å². The van der Waals surface area contributed by atoms with Crippen molar-refractivity contribution in [2.24, 2.45) is 0 Å². The maximum atomic E-state index is 4.49. The molecule has 0 aliphatic rings. The lowest BCUT2D eigenvalue weighted by atomic mass is 10.1. The molecule has 0 spiro atoms. The van der Waals surface area contributed by atoms with Crippen LogP contribution in [0.4, 0.5) is 17.3 Å². The molecule has 2 aromatic carbocycles. The SMILES string of the molecule is Cc1nc(NCCc2ccccc2)cc(Nc2ccc(C)c(C)c2)n1. The third kappa shape index (κ3) is 4.80. The Hall–Kier alpha value is -2.88. The highest BCUT2D eigenvalue weighted by atomic mass is 15.1. The third-order valence-corrected chi connectivity index (χ3v) is 4.18. The van der Waals surface area contributed by atoms with Crippen molar-refractivity contribution in [2.75, 3.05) is 17.2 Å². The fourth-order valence-electron chi connectivity index (χ4n) is 2.67. The molecule has 0 atom stereocenters. The molecule has 0 aliphatic carbocycles. The van der Waals surface area contributed by atoms with Gasteiger partial charge >= 0.3 is 0 Å². The van der Waals surface area contributed by atoms with Crippen LogP contribution in [-0.4, -0.2) is 16.5 Å². The topological polar surface area (TPSA) is 49.8 Å². The first kappa shape index (κ1) is 17.0. The van der Waals surface area contributed by atoms with Crippen molar-refractivity contribution in [3.63, 3.8) is 0 Å². The van der Waals surface area contributed by atoms with E-state index in [1.165, 1.54) is 16.7 Å². The summed E-state index contributed by atoms with van der Waals surface area (Å²) in [4.78, 5) is 8.96.